The van der Waals surface area contributed by atoms with Crippen molar-refractivity contribution in [1.29, 1.82) is 0 Å². The summed E-state index contributed by atoms with van der Waals surface area (Å²) in [5.74, 6) is -2.66. The molecule has 0 bridgehead atoms. The minimum atomic E-state index is -4.78. The number of aliphatic hydroxyl groups is 2. The molecule has 0 aliphatic carbocycles. The number of hydrogen-bond donors (Lipinski definition) is 5. The number of carbonyl (C=O) groups excluding carboxylic acids is 2. The molecule has 0 aromatic rings. The largest absolute Gasteiger partial charge is 0.480 e. The molecule has 0 heterocycles. The molecule has 0 aliphatic rings. The number of phosphoric ester groups is 1. The molecule has 0 radical (unpaired) electrons. The van der Waals surface area contributed by atoms with Gasteiger partial charge in [-0.2, -0.15) is 0 Å². The van der Waals surface area contributed by atoms with E-state index in [1.165, 1.54) is 51.4 Å². The number of carboxylic acid groups (broad SMARTS) is 1. The number of rotatable bonds is 39. The lowest BCUT2D eigenvalue weighted by Gasteiger charge is -2.20. The van der Waals surface area contributed by atoms with Crippen molar-refractivity contribution in [3.05, 3.63) is 60.8 Å². The normalized spacial score (nSPS) is 15.4. The fraction of sp³-hybridized carbons (Fsp3) is 0.705. The smallest absolute Gasteiger partial charge is 0.472 e. The Bertz CT molecular complexity index is 1250. The summed E-state index contributed by atoms with van der Waals surface area (Å²) in [6.45, 7) is 2.46. The highest BCUT2D eigenvalue weighted by Gasteiger charge is 2.28. The van der Waals surface area contributed by atoms with Crippen LogP contribution in [-0.2, 0) is 37.5 Å². The van der Waals surface area contributed by atoms with Crippen molar-refractivity contribution in [1.82, 2.24) is 0 Å². The molecule has 0 saturated carbocycles. The Kier molecular flexibility index (Phi) is 36.4. The Labute approximate surface area is 348 Å². The molecule has 0 fully saturated rings. The summed E-state index contributed by atoms with van der Waals surface area (Å²) in [5, 5.41) is 29.1. The maximum absolute atomic E-state index is 12.6. The molecular weight excluding hydrogens is 765 g/mol. The molecule has 58 heavy (non-hydrogen) atoms. The summed E-state index contributed by atoms with van der Waals surface area (Å²) in [4.78, 5) is 45.9. The van der Waals surface area contributed by atoms with Gasteiger partial charge in [0.15, 0.2) is 6.10 Å². The molecule has 0 saturated heterocycles. The van der Waals surface area contributed by atoms with Crippen molar-refractivity contribution < 1.29 is 57.7 Å². The van der Waals surface area contributed by atoms with E-state index in [2.05, 4.69) is 36.6 Å². The fourth-order valence-corrected chi connectivity index (χ4v) is 6.21. The first-order valence-corrected chi connectivity index (χ1v) is 23.0. The van der Waals surface area contributed by atoms with Crippen molar-refractivity contribution in [2.45, 2.75) is 179 Å². The third-order valence-corrected chi connectivity index (χ3v) is 9.88. The van der Waals surface area contributed by atoms with Crippen LogP contribution >= 0.6 is 7.82 Å². The summed E-state index contributed by atoms with van der Waals surface area (Å²) in [6, 6.07) is -1.56. The zero-order valence-electron chi connectivity index (χ0n) is 35.3. The van der Waals surface area contributed by atoms with E-state index in [4.69, 9.17) is 24.8 Å². The number of aliphatic carboxylic acids is 1. The van der Waals surface area contributed by atoms with E-state index in [1.54, 1.807) is 36.5 Å². The molecule has 334 valence electrons. The van der Waals surface area contributed by atoms with Crippen LogP contribution in [0.1, 0.15) is 155 Å². The van der Waals surface area contributed by atoms with Crippen molar-refractivity contribution in [2.24, 2.45) is 5.73 Å². The van der Waals surface area contributed by atoms with Crippen LogP contribution in [0.3, 0.4) is 0 Å². The second kappa shape index (κ2) is 38.3. The van der Waals surface area contributed by atoms with Gasteiger partial charge in [-0.05, 0) is 64.2 Å². The predicted octanol–water partition coefficient (Wildman–Crippen LogP) is 9.11. The van der Waals surface area contributed by atoms with Gasteiger partial charge in [0, 0.05) is 12.8 Å². The van der Waals surface area contributed by atoms with E-state index in [0.29, 0.717) is 19.3 Å². The Hall–Kier alpha value is -2.90. The molecule has 14 heteroatoms. The van der Waals surface area contributed by atoms with E-state index in [1.807, 2.05) is 6.08 Å². The van der Waals surface area contributed by atoms with E-state index >= 15 is 0 Å². The number of carboxylic acids is 1. The first-order chi connectivity index (χ1) is 27.9. The van der Waals surface area contributed by atoms with Gasteiger partial charge in [-0.1, -0.05) is 139 Å². The minimum Gasteiger partial charge on any atom is -0.480 e. The molecule has 1 unspecified atom stereocenters. The van der Waals surface area contributed by atoms with E-state index in [-0.39, 0.29) is 19.3 Å². The van der Waals surface area contributed by atoms with Crippen LogP contribution in [0.4, 0.5) is 0 Å². The lowest BCUT2D eigenvalue weighted by Crippen LogP contribution is -2.34. The summed E-state index contributed by atoms with van der Waals surface area (Å²) in [6.07, 6.45) is 36.3. The second-order valence-electron chi connectivity index (χ2n) is 14.5. The fourth-order valence-electron chi connectivity index (χ4n) is 5.43. The number of carbonyl (C=O) groups is 3. The summed E-state index contributed by atoms with van der Waals surface area (Å²) in [7, 11) is -4.78. The first kappa shape index (κ1) is 55.1. The van der Waals surface area contributed by atoms with E-state index < -0.39 is 69.9 Å². The third kappa shape index (κ3) is 37.4. The Morgan fingerprint density at radius 2 is 1.12 bits per heavy atom. The molecule has 0 aromatic carbocycles. The van der Waals surface area contributed by atoms with Gasteiger partial charge in [0.25, 0.3) is 0 Å². The van der Waals surface area contributed by atoms with Gasteiger partial charge in [-0.15, -0.1) is 0 Å². The zero-order chi connectivity index (χ0) is 43.1. The summed E-state index contributed by atoms with van der Waals surface area (Å²) >= 11 is 0. The highest BCUT2D eigenvalue weighted by atomic mass is 31.2. The van der Waals surface area contributed by atoms with Crippen molar-refractivity contribution in [3.8, 4) is 0 Å². The van der Waals surface area contributed by atoms with Gasteiger partial charge in [0.2, 0.25) is 0 Å². The monoisotopic (exact) mass is 842 g/mol. The van der Waals surface area contributed by atoms with Crippen molar-refractivity contribution >= 4 is 25.7 Å². The third-order valence-electron chi connectivity index (χ3n) is 8.93. The summed E-state index contributed by atoms with van der Waals surface area (Å²) < 4.78 is 32.5. The lowest BCUT2D eigenvalue weighted by molar-refractivity contribution is -0.161. The van der Waals surface area contributed by atoms with Gasteiger partial charge in [0.1, 0.15) is 12.6 Å². The highest BCUT2D eigenvalue weighted by molar-refractivity contribution is 7.47. The van der Waals surface area contributed by atoms with Crippen LogP contribution in [0.15, 0.2) is 60.8 Å². The highest BCUT2D eigenvalue weighted by Crippen LogP contribution is 2.43. The SMILES string of the molecule is CCCCC/C=C\C[C@@H](O)/C=C/C=C/C=C\[C@@H](O)CCCC(=O)OC[C@H](COP(=O)(O)OC[C@H](N)C(=O)O)OC(=O)CCCCCCCCC/C=C\CCCCCC. The average molecular weight is 842 g/mol. The van der Waals surface area contributed by atoms with Crippen LogP contribution in [-0.4, -0.2) is 82.3 Å². The molecule has 0 rings (SSSR count). The number of nitrogens with two attached hydrogens (primary N) is 1. The number of ether oxygens (including phenoxy) is 2. The molecule has 0 spiro atoms. The molecule has 0 aromatic heterocycles. The number of phosphoric acid groups is 1. The number of allylic oxidation sites excluding steroid dienone is 7. The average Bonchev–Trinajstić information content (AvgIpc) is 3.19. The van der Waals surface area contributed by atoms with Crippen LogP contribution < -0.4 is 5.73 Å². The molecule has 6 N–H and O–H groups in total. The van der Waals surface area contributed by atoms with E-state index in [0.717, 1.165) is 51.4 Å². The maximum atomic E-state index is 12.6. The quantitative estimate of drug-likeness (QED) is 0.0129. The molecule has 0 amide bonds. The Balaban J connectivity index is 4.64. The second-order valence-corrected chi connectivity index (χ2v) is 16.0. The zero-order valence-corrected chi connectivity index (χ0v) is 36.2. The maximum Gasteiger partial charge on any atom is 0.472 e. The van der Waals surface area contributed by atoms with Gasteiger partial charge in [-0.3, -0.25) is 23.4 Å². The molecule has 5 atom stereocenters. The number of unbranched alkanes of at least 4 members (excludes halogenated alkanes) is 14. The predicted molar refractivity (Wildman–Crippen MR) is 229 cm³/mol. The lowest BCUT2D eigenvalue weighted by atomic mass is 10.1. The summed E-state index contributed by atoms with van der Waals surface area (Å²) in [5.41, 5.74) is 5.31. The molecular formula is C44H76NO12P. The van der Waals surface area contributed by atoms with Crippen LogP contribution in [0.25, 0.3) is 0 Å². The van der Waals surface area contributed by atoms with Gasteiger partial charge in [0.05, 0.1) is 25.4 Å². The standard InChI is InChI=1S/C44H76NO12P/c1-3-5-7-9-11-12-13-14-15-16-17-18-19-21-27-33-43(49)57-40(36-55-58(52,53)56-37-41(45)44(50)51)35-54-42(48)34-28-32-39(47)31-26-23-22-25-30-38(46)29-24-20-10-8-6-4-2/h12-13,20,22-26,30-31,38-41,46-47H,3-11,14-19,21,27-29,32-37,45H2,1-2H3,(H,50,51)(H,52,53)/b13-12-,23-22+,24-20-,30-25+,31-26-/t38-,39-,40-,41+/m1/s1. The van der Waals surface area contributed by atoms with Gasteiger partial charge < -0.3 is 35.4 Å². The number of hydrogen-bond acceptors (Lipinski definition) is 11. The molecule has 0 aliphatic heterocycles. The molecule has 13 nitrogen and oxygen atoms in total. The number of aliphatic hydroxyl groups excluding tert-OH is 2. The number of esters is 2. The van der Waals surface area contributed by atoms with Crippen LogP contribution in [0.5, 0.6) is 0 Å². The van der Waals surface area contributed by atoms with Gasteiger partial charge in [-0.25, -0.2) is 4.57 Å². The van der Waals surface area contributed by atoms with Crippen molar-refractivity contribution in [2.75, 3.05) is 19.8 Å². The minimum absolute atomic E-state index is 0.0412. The van der Waals surface area contributed by atoms with E-state index in [9.17, 15) is 34.1 Å². The Morgan fingerprint density at radius 1 is 0.621 bits per heavy atom. The van der Waals surface area contributed by atoms with Crippen molar-refractivity contribution in [3.63, 3.8) is 0 Å². The Morgan fingerprint density at radius 3 is 1.74 bits per heavy atom. The van der Waals surface area contributed by atoms with Crippen LogP contribution in [0, 0.1) is 0 Å². The van der Waals surface area contributed by atoms with Gasteiger partial charge >= 0.3 is 25.7 Å². The first-order valence-electron chi connectivity index (χ1n) is 21.5. The van der Waals surface area contributed by atoms with Crippen LogP contribution in [0.2, 0.25) is 0 Å². The topological polar surface area (TPSA) is 212 Å².